The van der Waals surface area contributed by atoms with Crippen LogP contribution in [-0.4, -0.2) is 36.9 Å². The maximum absolute atomic E-state index is 13.6. The van der Waals surface area contributed by atoms with Gasteiger partial charge in [-0.3, -0.25) is 4.79 Å². The Labute approximate surface area is 256 Å². The normalized spacial score (nSPS) is 11.7. The van der Waals surface area contributed by atoms with Crippen molar-refractivity contribution in [1.82, 2.24) is 5.32 Å². The molecule has 3 rings (SSSR count). The van der Waals surface area contributed by atoms with Crippen molar-refractivity contribution in [3.05, 3.63) is 83.9 Å². The Hall–Kier alpha value is -4.20. The predicted molar refractivity (Wildman–Crippen MR) is 170 cm³/mol. The maximum Gasteiger partial charge on any atom is 0.408 e. The summed E-state index contributed by atoms with van der Waals surface area (Å²) in [6, 6.07) is 21.9. The van der Waals surface area contributed by atoms with Gasteiger partial charge in [0.05, 0.1) is 18.9 Å². The lowest BCUT2D eigenvalue weighted by Crippen LogP contribution is -2.47. The molecule has 0 bridgehead atoms. The predicted octanol–water partition coefficient (Wildman–Crippen LogP) is 7.70. The first-order chi connectivity index (χ1) is 20.7. The largest absolute Gasteiger partial charge is 0.493 e. The van der Waals surface area contributed by atoms with E-state index in [0.29, 0.717) is 42.8 Å². The van der Waals surface area contributed by atoms with E-state index in [1.54, 1.807) is 32.9 Å². The van der Waals surface area contributed by atoms with Gasteiger partial charge in [-0.2, -0.15) is 0 Å². The summed E-state index contributed by atoms with van der Waals surface area (Å²) in [5.41, 5.74) is 1.71. The van der Waals surface area contributed by atoms with E-state index in [9.17, 15) is 9.59 Å². The van der Waals surface area contributed by atoms with Crippen LogP contribution < -0.4 is 24.8 Å². The molecule has 0 spiro atoms. The molecule has 232 valence electrons. The van der Waals surface area contributed by atoms with Crippen molar-refractivity contribution in [2.75, 3.05) is 18.5 Å². The smallest absolute Gasteiger partial charge is 0.408 e. The van der Waals surface area contributed by atoms with Crippen LogP contribution in [0.2, 0.25) is 0 Å². The number of hydrogen-bond acceptors (Lipinski definition) is 6. The van der Waals surface area contributed by atoms with Crippen LogP contribution in [0.15, 0.2) is 72.8 Å². The Bertz CT molecular complexity index is 1270. The SMILES string of the molecule is CCCCOc1ccc(NC(=O)[C@@H](Cc2ccc(OCc3ccccc3)cc2)NC(=O)OC(C)(C)C)c(OCCCC)c1. The lowest BCUT2D eigenvalue weighted by molar-refractivity contribution is -0.118. The van der Waals surface area contributed by atoms with E-state index in [-0.39, 0.29) is 6.42 Å². The van der Waals surface area contributed by atoms with Crippen molar-refractivity contribution in [1.29, 1.82) is 0 Å². The van der Waals surface area contributed by atoms with Crippen LogP contribution in [0.4, 0.5) is 10.5 Å². The Morgan fingerprint density at radius 1 is 0.767 bits per heavy atom. The van der Waals surface area contributed by atoms with E-state index in [4.69, 9.17) is 18.9 Å². The first kappa shape index (κ1) is 33.3. The van der Waals surface area contributed by atoms with Crippen LogP contribution in [0.3, 0.4) is 0 Å². The molecule has 0 heterocycles. The second-order valence-electron chi connectivity index (χ2n) is 11.4. The molecule has 2 amide bonds. The molecule has 3 aromatic carbocycles. The molecule has 3 aromatic rings. The number of hydrogen-bond donors (Lipinski definition) is 2. The summed E-state index contributed by atoms with van der Waals surface area (Å²) in [5.74, 6) is 1.52. The number of rotatable bonds is 16. The molecule has 0 radical (unpaired) electrons. The highest BCUT2D eigenvalue weighted by atomic mass is 16.6. The van der Waals surface area contributed by atoms with Gasteiger partial charge < -0.3 is 29.6 Å². The molecule has 43 heavy (non-hydrogen) atoms. The van der Waals surface area contributed by atoms with Gasteiger partial charge in [-0.1, -0.05) is 69.2 Å². The standard InChI is InChI=1S/C35H46N2O6/c1-6-8-21-40-29-19-20-30(32(24-29)41-22-9-7-2)36-33(38)31(37-34(39)43-35(3,4)5)23-26-15-17-28(18-16-26)42-25-27-13-11-10-12-14-27/h10-20,24,31H,6-9,21-23,25H2,1-5H3,(H,36,38)(H,37,39)/t31-/m1/s1. The summed E-state index contributed by atoms with van der Waals surface area (Å²) in [6.45, 7) is 11.1. The monoisotopic (exact) mass is 590 g/mol. The molecule has 0 fully saturated rings. The summed E-state index contributed by atoms with van der Waals surface area (Å²) >= 11 is 0. The van der Waals surface area contributed by atoms with E-state index in [1.807, 2.05) is 60.7 Å². The number of carbonyl (C=O) groups excluding carboxylic acids is 2. The molecule has 8 heteroatoms. The molecule has 0 aliphatic rings. The van der Waals surface area contributed by atoms with Crippen LogP contribution in [-0.2, 0) is 22.6 Å². The highest BCUT2D eigenvalue weighted by molar-refractivity contribution is 5.98. The number of amides is 2. The van der Waals surface area contributed by atoms with E-state index >= 15 is 0 Å². The van der Waals surface area contributed by atoms with Crippen LogP contribution in [0.1, 0.15) is 71.4 Å². The summed E-state index contributed by atoms with van der Waals surface area (Å²) < 4.78 is 23.2. The van der Waals surface area contributed by atoms with Crippen molar-refractivity contribution in [3.63, 3.8) is 0 Å². The van der Waals surface area contributed by atoms with Gasteiger partial charge in [0.1, 0.15) is 35.5 Å². The third kappa shape index (κ3) is 12.3. The summed E-state index contributed by atoms with van der Waals surface area (Å²) in [6.07, 6.45) is 3.41. The highest BCUT2D eigenvalue weighted by Crippen LogP contribution is 2.30. The molecule has 0 aliphatic heterocycles. The zero-order valence-corrected chi connectivity index (χ0v) is 26.1. The Morgan fingerprint density at radius 3 is 2.07 bits per heavy atom. The lowest BCUT2D eigenvalue weighted by Gasteiger charge is -2.24. The van der Waals surface area contributed by atoms with E-state index < -0.39 is 23.6 Å². The number of anilines is 1. The van der Waals surface area contributed by atoms with Crippen molar-refractivity contribution in [2.45, 2.75) is 85.0 Å². The molecular formula is C35H46N2O6. The first-order valence-corrected chi connectivity index (χ1v) is 15.1. The molecular weight excluding hydrogens is 544 g/mol. The van der Waals surface area contributed by atoms with E-state index in [2.05, 4.69) is 24.5 Å². The van der Waals surface area contributed by atoms with Crippen LogP contribution in [0, 0.1) is 0 Å². The second-order valence-corrected chi connectivity index (χ2v) is 11.4. The highest BCUT2D eigenvalue weighted by Gasteiger charge is 2.26. The molecule has 1 atom stereocenters. The van der Waals surface area contributed by atoms with E-state index in [1.165, 1.54) is 0 Å². The zero-order chi connectivity index (χ0) is 31.1. The quantitative estimate of drug-likeness (QED) is 0.166. The fourth-order valence-corrected chi connectivity index (χ4v) is 4.05. The number of alkyl carbamates (subject to hydrolysis) is 1. The third-order valence-electron chi connectivity index (χ3n) is 6.35. The van der Waals surface area contributed by atoms with Crippen LogP contribution >= 0.6 is 0 Å². The van der Waals surface area contributed by atoms with Crippen molar-refractivity contribution in [3.8, 4) is 17.2 Å². The minimum absolute atomic E-state index is 0.244. The molecule has 2 N–H and O–H groups in total. The molecule has 0 aliphatic carbocycles. The van der Waals surface area contributed by atoms with Gasteiger partial charge in [0, 0.05) is 12.5 Å². The van der Waals surface area contributed by atoms with Crippen molar-refractivity contribution in [2.24, 2.45) is 0 Å². The van der Waals surface area contributed by atoms with Crippen LogP contribution in [0.25, 0.3) is 0 Å². The minimum Gasteiger partial charge on any atom is -0.493 e. The molecule has 0 saturated heterocycles. The molecule has 0 unspecified atom stereocenters. The summed E-state index contributed by atoms with van der Waals surface area (Å²) in [4.78, 5) is 26.4. The van der Waals surface area contributed by atoms with Crippen molar-refractivity contribution < 1.29 is 28.5 Å². The van der Waals surface area contributed by atoms with Gasteiger partial charge in [0.25, 0.3) is 0 Å². The number of ether oxygens (including phenoxy) is 4. The van der Waals surface area contributed by atoms with Gasteiger partial charge in [0.15, 0.2) is 0 Å². The number of nitrogens with one attached hydrogen (secondary N) is 2. The fourth-order valence-electron chi connectivity index (χ4n) is 4.05. The third-order valence-corrected chi connectivity index (χ3v) is 6.35. The number of benzene rings is 3. The summed E-state index contributed by atoms with van der Waals surface area (Å²) in [7, 11) is 0. The number of unbranched alkanes of at least 4 members (excludes halogenated alkanes) is 2. The Kier molecular flexibility index (Phi) is 13.2. The van der Waals surface area contributed by atoms with Crippen LogP contribution in [0.5, 0.6) is 17.2 Å². The zero-order valence-electron chi connectivity index (χ0n) is 26.1. The molecule has 0 aromatic heterocycles. The molecule has 0 saturated carbocycles. The van der Waals surface area contributed by atoms with Gasteiger partial charge in [-0.25, -0.2) is 4.79 Å². The average molecular weight is 591 g/mol. The average Bonchev–Trinajstić information content (AvgIpc) is 2.97. The van der Waals surface area contributed by atoms with Gasteiger partial charge >= 0.3 is 6.09 Å². The van der Waals surface area contributed by atoms with Gasteiger partial charge in [0.2, 0.25) is 5.91 Å². The topological polar surface area (TPSA) is 95.1 Å². The Balaban J connectivity index is 1.75. The van der Waals surface area contributed by atoms with E-state index in [0.717, 1.165) is 36.8 Å². The number of carbonyl (C=O) groups is 2. The fraction of sp³-hybridized carbons (Fsp3) is 0.429. The maximum atomic E-state index is 13.6. The van der Waals surface area contributed by atoms with Gasteiger partial charge in [-0.05, 0) is 69.0 Å². The first-order valence-electron chi connectivity index (χ1n) is 15.1. The second kappa shape index (κ2) is 17.0. The summed E-state index contributed by atoms with van der Waals surface area (Å²) in [5, 5.41) is 5.71. The molecule has 8 nitrogen and oxygen atoms in total. The van der Waals surface area contributed by atoms with Crippen molar-refractivity contribution >= 4 is 17.7 Å². The lowest BCUT2D eigenvalue weighted by atomic mass is 10.0. The minimum atomic E-state index is -0.907. The van der Waals surface area contributed by atoms with Gasteiger partial charge in [-0.15, -0.1) is 0 Å². The Morgan fingerprint density at radius 2 is 1.42 bits per heavy atom.